The number of hydrogen-bond donors (Lipinski definition) is 8. The molecule has 1 aliphatic heterocycles. The maximum Gasteiger partial charge on any atom is 0.249 e. The van der Waals surface area contributed by atoms with Crippen molar-refractivity contribution in [3.63, 3.8) is 0 Å². The zero-order chi connectivity index (χ0) is 43.4. The monoisotopic (exact) mass is 844 g/mol. The smallest absolute Gasteiger partial charge is 0.249 e. The lowest BCUT2D eigenvalue weighted by Gasteiger charge is -2.40. The van der Waals surface area contributed by atoms with Crippen LogP contribution in [-0.2, 0) is 14.3 Å². The Kier molecular flexibility index (Phi) is 36.5. The van der Waals surface area contributed by atoms with Gasteiger partial charge in [0.05, 0.1) is 25.4 Å². The molecule has 59 heavy (non-hydrogen) atoms. The Morgan fingerprint density at radius 2 is 0.983 bits per heavy atom. The normalized spacial score (nSPS) is 21.8. The molecule has 1 amide bonds. The van der Waals surface area contributed by atoms with Crippen LogP contribution in [0.2, 0.25) is 0 Å². The number of hydrogen-bond acceptors (Lipinski definition) is 10. The number of amides is 1. The van der Waals surface area contributed by atoms with Crippen molar-refractivity contribution in [2.75, 3.05) is 13.2 Å². The Bertz CT molecular complexity index is 970. The lowest BCUT2D eigenvalue weighted by molar-refractivity contribution is -0.303. The number of allylic oxidation sites excluding steroid dienone is 2. The maximum atomic E-state index is 13.0. The summed E-state index contributed by atoms with van der Waals surface area (Å²) in [5.74, 6) is -0.700. The molecule has 0 aromatic heterocycles. The van der Waals surface area contributed by atoms with Crippen molar-refractivity contribution in [3.05, 3.63) is 12.2 Å². The van der Waals surface area contributed by atoms with E-state index in [2.05, 4.69) is 31.3 Å². The molecule has 0 spiro atoms. The molecule has 11 heteroatoms. The molecule has 0 aliphatic carbocycles. The molecule has 11 nitrogen and oxygen atoms in total. The van der Waals surface area contributed by atoms with Crippen LogP contribution in [0, 0.1) is 0 Å². The van der Waals surface area contributed by atoms with Crippen molar-refractivity contribution in [2.24, 2.45) is 0 Å². The standard InChI is InChI=1S/C48H93NO10/c1-3-5-7-9-11-12-13-14-15-16-17-18-19-20-21-22-23-24-25-26-27-28-30-32-34-36-41(52)47(57)49-39(43(53)40(51)35-33-31-29-10-8-6-4-2)38-58-48-46(56)45(55)44(54)42(37-50)59-48/h20-21,39-46,48,50-56H,3-19,22-38H2,1-2H3,(H,49,57)/b21-20-. The van der Waals surface area contributed by atoms with E-state index in [-0.39, 0.29) is 6.42 Å². The molecule has 0 saturated carbocycles. The number of carbonyl (C=O) groups excluding carboxylic acids is 1. The van der Waals surface area contributed by atoms with Crippen LogP contribution in [0.3, 0.4) is 0 Å². The van der Waals surface area contributed by atoms with Crippen molar-refractivity contribution in [3.8, 4) is 0 Å². The first-order chi connectivity index (χ1) is 28.7. The largest absolute Gasteiger partial charge is 0.394 e. The van der Waals surface area contributed by atoms with E-state index in [0.717, 1.165) is 44.9 Å². The van der Waals surface area contributed by atoms with Gasteiger partial charge in [0.25, 0.3) is 0 Å². The quantitative estimate of drug-likeness (QED) is 0.0219. The lowest BCUT2D eigenvalue weighted by atomic mass is 9.98. The molecule has 9 unspecified atom stereocenters. The number of rotatable bonds is 41. The second kappa shape index (κ2) is 38.5. The van der Waals surface area contributed by atoms with Gasteiger partial charge in [-0.05, 0) is 38.5 Å². The lowest BCUT2D eigenvalue weighted by Crippen LogP contribution is -2.60. The summed E-state index contributed by atoms with van der Waals surface area (Å²) < 4.78 is 11.0. The van der Waals surface area contributed by atoms with Crippen LogP contribution in [0.25, 0.3) is 0 Å². The molecule has 0 aromatic carbocycles. The zero-order valence-corrected chi connectivity index (χ0v) is 37.7. The van der Waals surface area contributed by atoms with Gasteiger partial charge in [0.15, 0.2) is 6.29 Å². The van der Waals surface area contributed by atoms with Gasteiger partial charge in [-0.2, -0.15) is 0 Å². The number of aliphatic hydroxyl groups is 7. The SMILES string of the molecule is CCCCCCCCCCCCCC/C=C\CCCCCCCCCCCC(O)C(=O)NC(COC1OC(CO)C(O)C(O)C1O)C(O)C(O)CCCCCCCCC. The van der Waals surface area contributed by atoms with E-state index in [0.29, 0.717) is 19.3 Å². The third kappa shape index (κ3) is 28.2. The van der Waals surface area contributed by atoms with E-state index in [1.165, 1.54) is 135 Å². The minimum atomic E-state index is -1.66. The van der Waals surface area contributed by atoms with Gasteiger partial charge in [0.1, 0.15) is 36.6 Å². The van der Waals surface area contributed by atoms with Gasteiger partial charge in [-0.3, -0.25) is 4.79 Å². The van der Waals surface area contributed by atoms with Gasteiger partial charge >= 0.3 is 0 Å². The molecule has 8 N–H and O–H groups in total. The molecule has 1 aliphatic rings. The van der Waals surface area contributed by atoms with E-state index in [4.69, 9.17) is 9.47 Å². The zero-order valence-electron chi connectivity index (χ0n) is 37.7. The van der Waals surface area contributed by atoms with Crippen LogP contribution in [0.4, 0.5) is 0 Å². The van der Waals surface area contributed by atoms with E-state index >= 15 is 0 Å². The molecule has 1 rings (SSSR count). The van der Waals surface area contributed by atoms with E-state index in [1.807, 2.05) is 0 Å². The molecule has 1 fully saturated rings. The number of ether oxygens (including phenoxy) is 2. The minimum Gasteiger partial charge on any atom is -0.394 e. The first-order valence-electron chi connectivity index (χ1n) is 24.6. The average Bonchev–Trinajstić information content (AvgIpc) is 3.23. The van der Waals surface area contributed by atoms with E-state index in [9.17, 15) is 40.5 Å². The molecule has 350 valence electrons. The summed E-state index contributed by atoms with van der Waals surface area (Å²) in [5.41, 5.74) is 0. The van der Waals surface area contributed by atoms with Gasteiger partial charge in [-0.15, -0.1) is 0 Å². The van der Waals surface area contributed by atoms with Crippen molar-refractivity contribution < 1.29 is 50.0 Å². The number of carbonyl (C=O) groups is 1. The van der Waals surface area contributed by atoms with E-state index < -0.39 is 74.2 Å². The Morgan fingerprint density at radius 3 is 1.42 bits per heavy atom. The third-order valence-corrected chi connectivity index (χ3v) is 12.1. The molecule has 0 bridgehead atoms. The van der Waals surface area contributed by atoms with Crippen LogP contribution in [0.15, 0.2) is 12.2 Å². The summed E-state index contributed by atoms with van der Waals surface area (Å²) in [4.78, 5) is 13.0. The summed E-state index contributed by atoms with van der Waals surface area (Å²) in [6.07, 6.45) is 30.2. The third-order valence-electron chi connectivity index (χ3n) is 12.1. The summed E-state index contributed by atoms with van der Waals surface area (Å²) in [6.45, 7) is 3.39. The topological polar surface area (TPSA) is 189 Å². The Hall–Kier alpha value is -1.15. The molecular formula is C48H93NO10. The van der Waals surface area contributed by atoms with Crippen LogP contribution >= 0.6 is 0 Å². The minimum absolute atomic E-state index is 0.260. The fourth-order valence-electron chi connectivity index (χ4n) is 7.96. The molecule has 9 atom stereocenters. The highest BCUT2D eigenvalue weighted by atomic mass is 16.7. The van der Waals surface area contributed by atoms with Crippen LogP contribution in [0.1, 0.15) is 219 Å². The molecule has 1 saturated heterocycles. The van der Waals surface area contributed by atoms with E-state index in [1.54, 1.807) is 0 Å². The predicted octanol–water partition coefficient (Wildman–Crippen LogP) is 8.45. The van der Waals surface area contributed by atoms with Crippen molar-refractivity contribution in [1.29, 1.82) is 0 Å². The highest BCUT2D eigenvalue weighted by Crippen LogP contribution is 2.23. The molecule has 0 radical (unpaired) electrons. The summed E-state index contributed by atoms with van der Waals surface area (Å²) >= 11 is 0. The van der Waals surface area contributed by atoms with Crippen LogP contribution in [0.5, 0.6) is 0 Å². The van der Waals surface area contributed by atoms with Crippen molar-refractivity contribution in [2.45, 2.75) is 274 Å². The number of nitrogens with one attached hydrogen (secondary N) is 1. The summed E-state index contributed by atoms with van der Waals surface area (Å²) in [6, 6.07) is -1.16. The van der Waals surface area contributed by atoms with Crippen LogP contribution in [-0.4, -0.2) is 110 Å². The van der Waals surface area contributed by atoms with Gasteiger partial charge < -0.3 is 50.5 Å². The summed E-state index contributed by atoms with van der Waals surface area (Å²) in [7, 11) is 0. The van der Waals surface area contributed by atoms with Crippen LogP contribution < -0.4 is 5.32 Å². The number of unbranched alkanes of at least 4 members (excludes halogenated alkanes) is 27. The van der Waals surface area contributed by atoms with Crippen molar-refractivity contribution in [1.82, 2.24) is 5.32 Å². The highest BCUT2D eigenvalue weighted by Gasteiger charge is 2.44. The molecular weight excluding hydrogens is 751 g/mol. The fourth-order valence-corrected chi connectivity index (χ4v) is 7.96. The van der Waals surface area contributed by atoms with Gasteiger partial charge in [0, 0.05) is 0 Å². The van der Waals surface area contributed by atoms with Gasteiger partial charge in [-0.25, -0.2) is 0 Å². The van der Waals surface area contributed by atoms with Crippen molar-refractivity contribution >= 4 is 5.91 Å². The Morgan fingerprint density at radius 1 is 0.576 bits per heavy atom. The predicted molar refractivity (Wildman–Crippen MR) is 238 cm³/mol. The maximum absolute atomic E-state index is 13.0. The molecule has 0 aromatic rings. The Balaban J connectivity index is 2.26. The first-order valence-corrected chi connectivity index (χ1v) is 24.6. The first kappa shape index (κ1) is 55.9. The summed E-state index contributed by atoms with van der Waals surface area (Å²) in [5, 5.41) is 75.3. The second-order valence-electron chi connectivity index (χ2n) is 17.5. The van der Waals surface area contributed by atoms with Gasteiger partial charge in [0.2, 0.25) is 5.91 Å². The number of aliphatic hydroxyl groups excluding tert-OH is 7. The Labute approximate surface area is 360 Å². The molecule has 1 heterocycles. The fraction of sp³-hybridized carbons (Fsp3) is 0.938. The highest BCUT2D eigenvalue weighted by molar-refractivity contribution is 5.80. The second-order valence-corrected chi connectivity index (χ2v) is 17.5. The average molecular weight is 844 g/mol. The van der Waals surface area contributed by atoms with Gasteiger partial charge in [-0.1, -0.05) is 193 Å².